The van der Waals surface area contributed by atoms with Gasteiger partial charge in [-0.25, -0.2) is 0 Å². The standard InChI is InChI=1S/C11H16O2S/c12-11(4-6-13-7-5-11)9-2-1-3-10(14)8-9/h1,3,8-9,12,14H,2,4-7H2/t9-/m0/s1. The quantitative estimate of drug-likeness (QED) is 0.650. The van der Waals surface area contributed by atoms with Crippen LogP contribution in [0.1, 0.15) is 19.3 Å². The molecule has 0 spiro atoms. The van der Waals surface area contributed by atoms with Crippen LogP contribution in [0.4, 0.5) is 0 Å². The first-order valence-corrected chi connectivity index (χ1v) is 5.53. The molecule has 0 unspecified atom stereocenters. The summed E-state index contributed by atoms with van der Waals surface area (Å²) in [6.45, 7) is 1.35. The Hall–Kier alpha value is -0.250. The average molecular weight is 212 g/mol. The van der Waals surface area contributed by atoms with Gasteiger partial charge in [0.25, 0.3) is 0 Å². The lowest BCUT2D eigenvalue weighted by Gasteiger charge is -2.38. The summed E-state index contributed by atoms with van der Waals surface area (Å²) in [6, 6.07) is 0. The molecule has 0 aromatic carbocycles. The van der Waals surface area contributed by atoms with Gasteiger partial charge in [0.05, 0.1) is 5.60 Å². The fourth-order valence-corrected chi connectivity index (χ4v) is 2.42. The Morgan fingerprint density at radius 3 is 2.79 bits per heavy atom. The highest BCUT2D eigenvalue weighted by molar-refractivity contribution is 7.84. The summed E-state index contributed by atoms with van der Waals surface area (Å²) < 4.78 is 5.26. The molecule has 1 aliphatic carbocycles. The lowest BCUT2D eigenvalue weighted by atomic mass is 9.78. The minimum Gasteiger partial charge on any atom is -0.389 e. The summed E-state index contributed by atoms with van der Waals surface area (Å²) in [5.74, 6) is 0.212. The largest absolute Gasteiger partial charge is 0.389 e. The molecule has 14 heavy (non-hydrogen) atoms. The molecule has 1 saturated heterocycles. The van der Waals surface area contributed by atoms with E-state index in [0.717, 1.165) is 24.2 Å². The zero-order valence-corrected chi connectivity index (χ0v) is 9.04. The van der Waals surface area contributed by atoms with E-state index in [0.29, 0.717) is 13.2 Å². The van der Waals surface area contributed by atoms with E-state index < -0.39 is 5.60 Å². The molecule has 2 nitrogen and oxygen atoms in total. The zero-order chi connectivity index (χ0) is 10.0. The summed E-state index contributed by atoms with van der Waals surface area (Å²) in [5, 5.41) is 10.4. The molecule has 1 N–H and O–H groups in total. The van der Waals surface area contributed by atoms with Gasteiger partial charge in [-0.3, -0.25) is 0 Å². The van der Waals surface area contributed by atoms with Crippen LogP contribution in [0.5, 0.6) is 0 Å². The highest BCUT2D eigenvalue weighted by atomic mass is 32.1. The number of ether oxygens (including phenoxy) is 1. The molecule has 78 valence electrons. The SMILES string of the molecule is OC1([C@@H]2C=C(S)C=CC2)CCOCC1. The van der Waals surface area contributed by atoms with Gasteiger partial charge in [0.15, 0.2) is 0 Å². The molecular weight excluding hydrogens is 196 g/mol. The molecule has 0 bridgehead atoms. The van der Waals surface area contributed by atoms with Crippen molar-refractivity contribution in [2.75, 3.05) is 13.2 Å². The van der Waals surface area contributed by atoms with Gasteiger partial charge < -0.3 is 9.84 Å². The van der Waals surface area contributed by atoms with Crippen LogP contribution in [-0.4, -0.2) is 23.9 Å². The van der Waals surface area contributed by atoms with Gasteiger partial charge in [-0.1, -0.05) is 18.2 Å². The molecule has 1 fully saturated rings. The molecule has 2 aliphatic rings. The van der Waals surface area contributed by atoms with Crippen LogP contribution in [0.25, 0.3) is 0 Å². The van der Waals surface area contributed by atoms with Crippen molar-refractivity contribution in [2.45, 2.75) is 24.9 Å². The second-order valence-corrected chi connectivity index (χ2v) is 4.57. The number of hydrogen-bond donors (Lipinski definition) is 2. The third-order valence-electron chi connectivity index (χ3n) is 3.10. The highest BCUT2D eigenvalue weighted by Crippen LogP contribution is 2.35. The highest BCUT2D eigenvalue weighted by Gasteiger charge is 2.37. The van der Waals surface area contributed by atoms with Crippen molar-refractivity contribution in [2.24, 2.45) is 5.92 Å². The van der Waals surface area contributed by atoms with Crippen LogP contribution in [-0.2, 0) is 4.74 Å². The predicted octanol–water partition coefficient (Wildman–Crippen LogP) is 1.92. The van der Waals surface area contributed by atoms with Crippen molar-refractivity contribution < 1.29 is 9.84 Å². The minimum atomic E-state index is -0.572. The monoisotopic (exact) mass is 212 g/mol. The van der Waals surface area contributed by atoms with E-state index in [4.69, 9.17) is 4.74 Å². The van der Waals surface area contributed by atoms with Crippen molar-refractivity contribution in [3.05, 3.63) is 23.1 Å². The van der Waals surface area contributed by atoms with E-state index in [1.165, 1.54) is 0 Å². The van der Waals surface area contributed by atoms with E-state index in [2.05, 4.69) is 24.8 Å². The number of thiol groups is 1. The molecule has 0 aromatic rings. The Labute approximate surface area is 90.1 Å². The van der Waals surface area contributed by atoms with E-state index in [-0.39, 0.29) is 5.92 Å². The third-order valence-corrected chi connectivity index (χ3v) is 3.40. The van der Waals surface area contributed by atoms with Crippen molar-refractivity contribution in [3.63, 3.8) is 0 Å². The summed E-state index contributed by atoms with van der Waals surface area (Å²) in [6.07, 6.45) is 8.53. The smallest absolute Gasteiger partial charge is 0.0757 e. The number of aliphatic hydroxyl groups is 1. The normalized spacial score (nSPS) is 31.3. The summed E-state index contributed by atoms with van der Waals surface area (Å²) in [7, 11) is 0. The summed E-state index contributed by atoms with van der Waals surface area (Å²) in [4.78, 5) is 0.959. The molecule has 0 aromatic heterocycles. The van der Waals surface area contributed by atoms with Crippen LogP contribution in [0.3, 0.4) is 0 Å². The molecule has 0 radical (unpaired) electrons. The molecule has 0 amide bonds. The molecule has 1 heterocycles. The minimum absolute atomic E-state index is 0.212. The van der Waals surface area contributed by atoms with Gasteiger partial charge in [0.1, 0.15) is 0 Å². The van der Waals surface area contributed by atoms with Crippen molar-refractivity contribution in [1.29, 1.82) is 0 Å². The van der Waals surface area contributed by atoms with Gasteiger partial charge in [0.2, 0.25) is 0 Å². The fraction of sp³-hybridized carbons (Fsp3) is 0.636. The van der Waals surface area contributed by atoms with Crippen LogP contribution in [0.15, 0.2) is 23.1 Å². The molecule has 0 saturated carbocycles. The molecular formula is C11H16O2S. The Morgan fingerprint density at radius 2 is 2.14 bits per heavy atom. The Bertz CT molecular complexity index is 264. The maximum Gasteiger partial charge on any atom is 0.0757 e. The number of allylic oxidation sites excluding steroid dienone is 2. The van der Waals surface area contributed by atoms with E-state index >= 15 is 0 Å². The Morgan fingerprint density at radius 1 is 1.43 bits per heavy atom. The molecule has 1 aliphatic heterocycles. The van der Waals surface area contributed by atoms with Gasteiger partial charge in [-0.15, -0.1) is 12.6 Å². The average Bonchev–Trinajstić information content (AvgIpc) is 2.19. The van der Waals surface area contributed by atoms with Gasteiger partial charge in [-0.2, -0.15) is 0 Å². The van der Waals surface area contributed by atoms with E-state index in [1.807, 2.05) is 6.08 Å². The first-order valence-electron chi connectivity index (χ1n) is 5.08. The first-order chi connectivity index (χ1) is 6.71. The lowest BCUT2D eigenvalue weighted by Crippen LogP contribution is -2.42. The van der Waals surface area contributed by atoms with Crippen molar-refractivity contribution in [3.8, 4) is 0 Å². The van der Waals surface area contributed by atoms with Gasteiger partial charge in [-0.05, 0) is 6.42 Å². The summed E-state index contributed by atoms with van der Waals surface area (Å²) >= 11 is 4.31. The fourth-order valence-electron chi connectivity index (χ4n) is 2.14. The maximum atomic E-state index is 10.4. The Kier molecular flexibility index (Phi) is 3.00. The summed E-state index contributed by atoms with van der Waals surface area (Å²) in [5.41, 5.74) is -0.572. The zero-order valence-electron chi connectivity index (χ0n) is 8.15. The van der Waals surface area contributed by atoms with Gasteiger partial charge >= 0.3 is 0 Å². The van der Waals surface area contributed by atoms with E-state index in [1.54, 1.807) is 0 Å². The molecule has 2 rings (SSSR count). The molecule has 1 atom stereocenters. The first kappa shape index (κ1) is 10.3. The lowest BCUT2D eigenvalue weighted by molar-refractivity contribution is -0.0876. The van der Waals surface area contributed by atoms with Crippen LogP contribution in [0, 0.1) is 5.92 Å². The topological polar surface area (TPSA) is 29.5 Å². The van der Waals surface area contributed by atoms with Crippen LogP contribution >= 0.6 is 12.6 Å². The number of hydrogen-bond acceptors (Lipinski definition) is 3. The van der Waals surface area contributed by atoms with Gasteiger partial charge in [0, 0.05) is 36.9 Å². The third kappa shape index (κ3) is 2.05. The van der Waals surface area contributed by atoms with Crippen molar-refractivity contribution in [1.82, 2.24) is 0 Å². The predicted molar refractivity (Wildman–Crippen MR) is 59.3 cm³/mol. The second-order valence-electron chi connectivity index (χ2n) is 4.05. The molecule has 3 heteroatoms. The van der Waals surface area contributed by atoms with Crippen LogP contribution < -0.4 is 0 Å². The van der Waals surface area contributed by atoms with Crippen molar-refractivity contribution >= 4 is 12.6 Å². The van der Waals surface area contributed by atoms with Crippen LogP contribution in [0.2, 0.25) is 0 Å². The Balaban J connectivity index is 2.09. The maximum absolute atomic E-state index is 10.4. The number of rotatable bonds is 1. The second kappa shape index (κ2) is 4.09. The van der Waals surface area contributed by atoms with E-state index in [9.17, 15) is 5.11 Å².